The average molecular weight is 253 g/mol. The van der Waals surface area contributed by atoms with E-state index in [2.05, 4.69) is 41.7 Å². The molecule has 2 aromatic rings. The van der Waals surface area contributed by atoms with Crippen LogP contribution < -0.4 is 10.1 Å². The van der Waals surface area contributed by atoms with Gasteiger partial charge in [0.25, 0.3) is 0 Å². The Kier molecular flexibility index (Phi) is 3.51. The van der Waals surface area contributed by atoms with Crippen molar-refractivity contribution in [2.45, 2.75) is 19.9 Å². The number of benzene rings is 2. The Hall–Kier alpha value is -1.80. The second kappa shape index (κ2) is 5.45. The van der Waals surface area contributed by atoms with E-state index in [0.717, 1.165) is 25.3 Å². The smallest absolute Gasteiger partial charge is 0.119 e. The fraction of sp³-hybridized carbons (Fsp3) is 0.294. The summed E-state index contributed by atoms with van der Waals surface area (Å²) in [5, 5.41) is 3.46. The van der Waals surface area contributed by atoms with Gasteiger partial charge < -0.3 is 10.1 Å². The van der Waals surface area contributed by atoms with E-state index in [1.165, 1.54) is 22.3 Å². The van der Waals surface area contributed by atoms with Crippen molar-refractivity contribution in [3.63, 3.8) is 0 Å². The molecule has 0 saturated heterocycles. The van der Waals surface area contributed by atoms with Crippen molar-refractivity contribution >= 4 is 0 Å². The van der Waals surface area contributed by atoms with Crippen LogP contribution in [-0.4, -0.2) is 13.2 Å². The highest BCUT2D eigenvalue weighted by Gasteiger charge is 2.13. The van der Waals surface area contributed by atoms with Crippen molar-refractivity contribution in [1.29, 1.82) is 0 Å². The summed E-state index contributed by atoms with van der Waals surface area (Å²) in [6.45, 7) is 4.76. The molecule has 1 aliphatic heterocycles. The fourth-order valence-electron chi connectivity index (χ4n) is 2.70. The van der Waals surface area contributed by atoms with Gasteiger partial charge in [-0.3, -0.25) is 0 Å². The van der Waals surface area contributed by atoms with Gasteiger partial charge in [-0.05, 0) is 54.3 Å². The first-order valence-electron chi connectivity index (χ1n) is 6.93. The van der Waals surface area contributed by atoms with E-state index in [-0.39, 0.29) is 0 Å². The molecule has 0 saturated carbocycles. The van der Waals surface area contributed by atoms with E-state index in [1.807, 2.05) is 13.0 Å². The van der Waals surface area contributed by atoms with Crippen LogP contribution in [0.2, 0.25) is 0 Å². The largest absolute Gasteiger partial charge is 0.494 e. The van der Waals surface area contributed by atoms with Crippen molar-refractivity contribution in [2.75, 3.05) is 13.2 Å². The van der Waals surface area contributed by atoms with Gasteiger partial charge in [0.15, 0.2) is 0 Å². The minimum absolute atomic E-state index is 0.706. The molecule has 0 radical (unpaired) electrons. The van der Waals surface area contributed by atoms with Gasteiger partial charge in [-0.1, -0.05) is 30.3 Å². The molecule has 0 spiro atoms. The highest BCUT2D eigenvalue weighted by molar-refractivity contribution is 5.70. The van der Waals surface area contributed by atoms with E-state index in [1.54, 1.807) is 0 Å². The van der Waals surface area contributed by atoms with Gasteiger partial charge in [0.05, 0.1) is 6.61 Å². The Morgan fingerprint density at radius 1 is 1.16 bits per heavy atom. The van der Waals surface area contributed by atoms with E-state index in [0.29, 0.717) is 6.61 Å². The molecule has 1 N–H and O–H groups in total. The first kappa shape index (κ1) is 12.2. The van der Waals surface area contributed by atoms with E-state index < -0.39 is 0 Å². The minimum atomic E-state index is 0.706. The average Bonchev–Trinajstić information content (AvgIpc) is 2.47. The maximum absolute atomic E-state index is 5.60. The first-order chi connectivity index (χ1) is 9.38. The molecule has 2 heteroatoms. The van der Waals surface area contributed by atoms with Crippen LogP contribution in [0.3, 0.4) is 0 Å². The lowest BCUT2D eigenvalue weighted by Crippen LogP contribution is -2.24. The molecule has 1 heterocycles. The molecule has 0 aromatic heterocycles. The van der Waals surface area contributed by atoms with Crippen LogP contribution in [-0.2, 0) is 13.0 Å². The van der Waals surface area contributed by atoms with E-state index in [9.17, 15) is 0 Å². The SMILES string of the molecule is CCOc1cccc(-c2cccc3c2CNCC3)c1. The lowest BCUT2D eigenvalue weighted by Gasteiger charge is -2.20. The summed E-state index contributed by atoms with van der Waals surface area (Å²) in [5.41, 5.74) is 5.47. The van der Waals surface area contributed by atoms with Gasteiger partial charge in [0.1, 0.15) is 5.75 Å². The number of fused-ring (bicyclic) bond motifs is 1. The van der Waals surface area contributed by atoms with Gasteiger partial charge in [-0.15, -0.1) is 0 Å². The van der Waals surface area contributed by atoms with Crippen LogP contribution in [0.5, 0.6) is 5.75 Å². The van der Waals surface area contributed by atoms with Crippen LogP contribution in [0.25, 0.3) is 11.1 Å². The molecule has 0 fully saturated rings. The number of hydrogen-bond donors (Lipinski definition) is 1. The predicted octanol–water partition coefficient (Wildman–Crippen LogP) is 3.40. The van der Waals surface area contributed by atoms with Crippen molar-refractivity contribution in [1.82, 2.24) is 5.32 Å². The molecule has 0 atom stereocenters. The molecule has 0 unspecified atom stereocenters. The lowest BCUT2D eigenvalue weighted by atomic mass is 9.92. The van der Waals surface area contributed by atoms with Crippen molar-refractivity contribution in [3.8, 4) is 16.9 Å². The highest BCUT2D eigenvalue weighted by atomic mass is 16.5. The van der Waals surface area contributed by atoms with Crippen LogP contribution >= 0.6 is 0 Å². The summed E-state index contributed by atoms with van der Waals surface area (Å²) in [6.07, 6.45) is 1.12. The molecular formula is C17H19NO. The maximum Gasteiger partial charge on any atom is 0.119 e. The zero-order valence-corrected chi connectivity index (χ0v) is 11.3. The lowest BCUT2D eigenvalue weighted by molar-refractivity contribution is 0.340. The zero-order valence-electron chi connectivity index (χ0n) is 11.3. The van der Waals surface area contributed by atoms with Crippen molar-refractivity contribution < 1.29 is 4.74 Å². The summed E-state index contributed by atoms with van der Waals surface area (Å²) in [5.74, 6) is 0.946. The number of ether oxygens (including phenoxy) is 1. The monoisotopic (exact) mass is 253 g/mol. The Morgan fingerprint density at radius 2 is 2.05 bits per heavy atom. The summed E-state index contributed by atoms with van der Waals surface area (Å²) in [7, 11) is 0. The standard InChI is InChI=1S/C17H19NO/c1-2-19-15-7-3-6-14(11-15)16-8-4-5-13-9-10-18-12-17(13)16/h3-8,11,18H,2,9-10,12H2,1H3. The summed E-state index contributed by atoms with van der Waals surface area (Å²) in [4.78, 5) is 0. The Bertz CT molecular complexity index is 577. The second-order valence-corrected chi connectivity index (χ2v) is 4.83. The molecule has 0 amide bonds. The normalized spacial score (nSPS) is 13.9. The molecule has 0 aliphatic carbocycles. The van der Waals surface area contributed by atoms with Gasteiger partial charge in [-0.2, -0.15) is 0 Å². The molecule has 19 heavy (non-hydrogen) atoms. The number of nitrogens with one attached hydrogen (secondary N) is 1. The third-order valence-corrected chi connectivity index (χ3v) is 3.60. The van der Waals surface area contributed by atoms with Crippen molar-refractivity contribution in [3.05, 3.63) is 53.6 Å². The maximum atomic E-state index is 5.60. The van der Waals surface area contributed by atoms with Crippen LogP contribution in [0.4, 0.5) is 0 Å². The summed E-state index contributed by atoms with van der Waals surface area (Å²) in [6, 6.07) is 15.0. The Morgan fingerprint density at radius 3 is 2.95 bits per heavy atom. The van der Waals surface area contributed by atoms with E-state index >= 15 is 0 Å². The van der Waals surface area contributed by atoms with Gasteiger partial charge in [0, 0.05) is 6.54 Å². The molecule has 1 aliphatic rings. The topological polar surface area (TPSA) is 21.3 Å². The zero-order chi connectivity index (χ0) is 13.1. The third kappa shape index (κ3) is 2.49. The Balaban J connectivity index is 2.04. The van der Waals surface area contributed by atoms with Crippen LogP contribution in [0, 0.1) is 0 Å². The van der Waals surface area contributed by atoms with Gasteiger partial charge in [0.2, 0.25) is 0 Å². The molecular weight excluding hydrogens is 234 g/mol. The first-order valence-corrected chi connectivity index (χ1v) is 6.93. The molecule has 98 valence electrons. The van der Waals surface area contributed by atoms with Gasteiger partial charge >= 0.3 is 0 Å². The molecule has 2 aromatic carbocycles. The van der Waals surface area contributed by atoms with Gasteiger partial charge in [-0.25, -0.2) is 0 Å². The summed E-state index contributed by atoms with van der Waals surface area (Å²) < 4.78 is 5.60. The van der Waals surface area contributed by atoms with Crippen LogP contribution in [0.15, 0.2) is 42.5 Å². The van der Waals surface area contributed by atoms with Crippen LogP contribution in [0.1, 0.15) is 18.1 Å². The van der Waals surface area contributed by atoms with Crippen molar-refractivity contribution in [2.24, 2.45) is 0 Å². The minimum Gasteiger partial charge on any atom is -0.494 e. The predicted molar refractivity (Wildman–Crippen MR) is 78.5 cm³/mol. The number of hydrogen-bond acceptors (Lipinski definition) is 2. The quantitative estimate of drug-likeness (QED) is 0.905. The fourth-order valence-corrected chi connectivity index (χ4v) is 2.70. The molecule has 3 rings (SSSR count). The van der Waals surface area contributed by atoms with E-state index in [4.69, 9.17) is 4.74 Å². The Labute approximate surface area is 114 Å². The molecule has 2 nitrogen and oxygen atoms in total. The number of rotatable bonds is 3. The highest BCUT2D eigenvalue weighted by Crippen LogP contribution is 2.30. The molecule has 0 bridgehead atoms. The summed E-state index contributed by atoms with van der Waals surface area (Å²) >= 11 is 0. The second-order valence-electron chi connectivity index (χ2n) is 4.83. The third-order valence-electron chi connectivity index (χ3n) is 3.60.